The smallest absolute Gasteiger partial charge is 0.195 e. The maximum Gasteiger partial charge on any atom is 0.195 e. The van der Waals surface area contributed by atoms with E-state index < -0.39 is 0 Å². The number of anilines is 1. The van der Waals surface area contributed by atoms with Crippen molar-refractivity contribution in [1.82, 2.24) is 10.2 Å². The van der Waals surface area contributed by atoms with Crippen LogP contribution in [0.2, 0.25) is 0 Å². The quantitative estimate of drug-likeness (QED) is 0.224. The van der Waals surface area contributed by atoms with Crippen LogP contribution in [0.3, 0.4) is 0 Å². The topological polar surface area (TPSA) is 76.6 Å². The summed E-state index contributed by atoms with van der Waals surface area (Å²) in [7, 11) is 6.60. The first-order valence-electron chi connectivity index (χ1n) is 10.8. The molecule has 33 heavy (non-hydrogen) atoms. The second-order valence-corrected chi connectivity index (χ2v) is 6.98. The average molecular weight is 572 g/mol. The third-order valence-electron chi connectivity index (χ3n) is 5.12. The summed E-state index contributed by atoms with van der Waals surface area (Å²) in [6.07, 6.45) is 0. The summed E-state index contributed by atoms with van der Waals surface area (Å²) in [5.74, 6) is 3.42. The lowest BCUT2D eigenvalue weighted by molar-refractivity contribution is 0.217. The van der Waals surface area contributed by atoms with Crippen LogP contribution in [0.5, 0.6) is 23.0 Å². The first-order chi connectivity index (χ1) is 15.6. The first kappa shape index (κ1) is 28.6. The first-order valence-corrected chi connectivity index (χ1v) is 10.8. The predicted octanol–water partition coefficient (Wildman–Crippen LogP) is 4.24. The number of aliphatic imine (C=N–C) groups is 1. The molecule has 0 bridgehead atoms. The summed E-state index contributed by atoms with van der Waals surface area (Å²) in [4.78, 5) is 6.61. The number of benzene rings is 2. The average Bonchev–Trinajstić information content (AvgIpc) is 2.84. The Hall–Kier alpha value is -2.40. The van der Waals surface area contributed by atoms with E-state index in [1.54, 1.807) is 28.4 Å². The molecule has 184 valence electrons. The molecule has 0 fully saturated rings. The summed E-state index contributed by atoms with van der Waals surface area (Å²) < 4.78 is 22.1. The molecule has 0 heterocycles. The van der Waals surface area contributed by atoms with Gasteiger partial charge < -0.3 is 34.5 Å². The van der Waals surface area contributed by atoms with Crippen LogP contribution in [0.1, 0.15) is 19.4 Å². The number of nitrogens with zero attached hydrogens (tertiary/aromatic N) is 2. The molecule has 2 N–H and O–H groups in total. The van der Waals surface area contributed by atoms with E-state index in [9.17, 15) is 0 Å². The van der Waals surface area contributed by atoms with E-state index in [4.69, 9.17) is 18.9 Å². The van der Waals surface area contributed by atoms with E-state index in [1.807, 2.05) is 36.4 Å². The fourth-order valence-corrected chi connectivity index (χ4v) is 3.18. The molecule has 0 aliphatic carbocycles. The number of ether oxygens (including phenoxy) is 4. The number of methoxy groups -OCH3 is 3. The molecule has 0 unspecified atom stereocenters. The van der Waals surface area contributed by atoms with Gasteiger partial charge in [0.2, 0.25) is 0 Å². The lowest BCUT2D eigenvalue weighted by Gasteiger charge is -2.19. The van der Waals surface area contributed by atoms with E-state index >= 15 is 0 Å². The van der Waals surface area contributed by atoms with Crippen molar-refractivity contribution in [2.24, 2.45) is 4.99 Å². The number of guanidine groups is 1. The van der Waals surface area contributed by atoms with Gasteiger partial charge in [0.25, 0.3) is 0 Å². The number of hydrogen-bond acceptors (Lipinski definition) is 6. The van der Waals surface area contributed by atoms with Gasteiger partial charge in [-0.1, -0.05) is 19.9 Å². The highest BCUT2D eigenvalue weighted by atomic mass is 127. The van der Waals surface area contributed by atoms with Crippen LogP contribution in [-0.4, -0.2) is 65.5 Å². The molecule has 0 aromatic heterocycles. The summed E-state index contributed by atoms with van der Waals surface area (Å²) in [6, 6.07) is 11.6. The zero-order chi connectivity index (χ0) is 23.3. The van der Waals surface area contributed by atoms with Gasteiger partial charge in [0.15, 0.2) is 29.0 Å². The maximum atomic E-state index is 5.94. The molecule has 0 aliphatic heterocycles. The molecule has 0 saturated heterocycles. The molecule has 0 atom stereocenters. The molecular weight excluding hydrogens is 535 g/mol. The van der Waals surface area contributed by atoms with Crippen molar-refractivity contribution in [3.8, 4) is 23.0 Å². The van der Waals surface area contributed by atoms with Gasteiger partial charge in [-0.3, -0.25) is 4.99 Å². The molecule has 2 rings (SSSR count). The van der Waals surface area contributed by atoms with Crippen LogP contribution in [0.4, 0.5) is 5.69 Å². The molecule has 0 saturated carbocycles. The third-order valence-corrected chi connectivity index (χ3v) is 5.12. The van der Waals surface area contributed by atoms with Crippen LogP contribution >= 0.6 is 24.0 Å². The summed E-state index contributed by atoms with van der Waals surface area (Å²) in [6.45, 7) is 8.41. The molecule has 2 aromatic rings. The van der Waals surface area contributed by atoms with E-state index in [2.05, 4.69) is 34.4 Å². The highest BCUT2D eigenvalue weighted by Gasteiger charge is 2.09. The maximum absolute atomic E-state index is 5.94. The van der Waals surface area contributed by atoms with Crippen LogP contribution in [0.25, 0.3) is 0 Å². The minimum atomic E-state index is 0. The van der Waals surface area contributed by atoms with E-state index in [0.717, 1.165) is 36.6 Å². The second-order valence-electron chi connectivity index (χ2n) is 6.98. The lowest BCUT2D eigenvalue weighted by atomic mass is 10.2. The molecule has 0 amide bonds. The van der Waals surface area contributed by atoms with Gasteiger partial charge in [0, 0.05) is 31.9 Å². The minimum Gasteiger partial charge on any atom is -0.493 e. The zero-order valence-corrected chi connectivity index (χ0v) is 22.8. The Morgan fingerprint density at radius 1 is 0.879 bits per heavy atom. The fourth-order valence-electron chi connectivity index (χ4n) is 3.18. The third kappa shape index (κ3) is 8.81. The van der Waals surface area contributed by atoms with Gasteiger partial charge >= 0.3 is 0 Å². The van der Waals surface area contributed by atoms with Crippen molar-refractivity contribution in [3.63, 3.8) is 0 Å². The Balaban J connectivity index is 0.00000544. The van der Waals surface area contributed by atoms with Crippen molar-refractivity contribution in [2.45, 2.75) is 20.4 Å². The Bertz CT molecular complexity index is 876. The van der Waals surface area contributed by atoms with Crippen LogP contribution in [-0.2, 0) is 6.54 Å². The van der Waals surface area contributed by atoms with Crippen molar-refractivity contribution < 1.29 is 18.9 Å². The number of hydrogen-bond donors (Lipinski definition) is 2. The Labute approximate surface area is 214 Å². The normalized spacial score (nSPS) is 10.9. The highest BCUT2D eigenvalue weighted by molar-refractivity contribution is 14.0. The lowest BCUT2D eigenvalue weighted by Crippen LogP contribution is -2.30. The monoisotopic (exact) mass is 572 g/mol. The minimum absolute atomic E-state index is 0. The van der Waals surface area contributed by atoms with E-state index in [-0.39, 0.29) is 24.0 Å². The Kier molecular flexibility index (Phi) is 13.4. The molecule has 8 nitrogen and oxygen atoms in total. The number of halogens is 1. The highest BCUT2D eigenvalue weighted by Crippen LogP contribution is 2.30. The van der Waals surface area contributed by atoms with Crippen LogP contribution in [0, 0.1) is 0 Å². The van der Waals surface area contributed by atoms with Crippen LogP contribution < -0.4 is 29.6 Å². The van der Waals surface area contributed by atoms with E-state index in [0.29, 0.717) is 36.4 Å². The van der Waals surface area contributed by atoms with Crippen molar-refractivity contribution in [1.29, 1.82) is 0 Å². The largest absolute Gasteiger partial charge is 0.493 e. The van der Waals surface area contributed by atoms with Crippen molar-refractivity contribution in [2.75, 3.05) is 59.9 Å². The Morgan fingerprint density at radius 2 is 1.52 bits per heavy atom. The number of likely N-dealkylation sites (N-methyl/N-ethyl adjacent to an activating group) is 1. The van der Waals surface area contributed by atoms with Crippen molar-refractivity contribution >= 4 is 35.6 Å². The number of rotatable bonds is 12. The Morgan fingerprint density at radius 3 is 2.12 bits per heavy atom. The summed E-state index contributed by atoms with van der Waals surface area (Å²) >= 11 is 0. The van der Waals surface area contributed by atoms with Gasteiger partial charge in [-0.2, -0.15) is 0 Å². The summed E-state index contributed by atoms with van der Waals surface area (Å²) in [5.41, 5.74) is 1.89. The predicted molar refractivity (Wildman–Crippen MR) is 145 cm³/mol. The van der Waals surface area contributed by atoms with Gasteiger partial charge in [-0.05, 0) is 42.9 Å². The molecule has 0 radical (unpaired) electrons. The molecule has 9 heteroatoms. The molecule has 0 spiro atoms. The van der Waals surface area contributed by atoms with Crippen molar-refractivity contribution in [3.05, 3.63) is 42.0 Å². The standard InChI is InChI=1S/C24H36N4O4.HI/c1-7-28(8-2)13-14-32-21-11-9-18(15-22(21)30-5)17-26-24(25-3)27-19-10-12-20(29-4)23(16-19)31-6;/h9-12,15-16H,7-8,13-14,17H2,1-6H3,(H2,25,26,27);1H. The fraction of sp³-hybridized carbons (Fsp3) is 0.458. The summed E-state index contributed by atoms with van der Waals surface area (Å²) in [5, 5.41) is 6.57. The number of nitrogens with one attached hydrogen (secondary N) is 2. The van der Waals surface area contributed by atoms with Gasteiger partial charge in [0.1, 0.15) is 6.61 Å². The van der Waals surface area contributed by atoms with Gasteiger partial charge in [-0.15, -0.1) is 24.0 Å². The molecule has 2 aromatic carbocycles. The van der Waals surface area contributed by atoms with Gasteiger partial charge in [-0.25, -0.2) is 0 Å². The SMILES string of the molecule is CCN(CC)CCOc1ccc(CNC(=NC)Nc2ccc(OC)c(OC)c2)cc1OC.I. The van der Waals surface area contributed by atoms with E-state index in [1.165, 1.54) is 0 Å². The van der Waals surface area contributed by atoms with Gasteiger partial charge in [0.05, 0.1) is 21.3 Å². The molecule has 0 aliphatic rings. The molecular formula is C24H37IN4O4. The second kappa shape index (κ2) is 15.4. The zero-order valence-electron chi connectivity index (χ0n) is 20.4. The van der Waals surface area contributed by atoms with Crippen LogP contribution in [0.15, 0.2) is 41.4 Å².